The van der Waals surface area contributed by atoms with E-state index in [2.05, 4.69) is 9.44 Å². The lowest BCUT2D eigenvalue weighted by atomic mass is 10.2. The summed E-state index contributed by atoms with van der Waals surface area (Å²) >= 11 is 0. The summed E-state index contributed by atoms with van der Waals surface area (Å²) in [5.41, 5.74) is 0.349. The Morgan fingerprint density at radius 2 is 1.79 bits per heavy atom. The molecule has 19 heavy (non-hydrogen) atoms. The molecular weight excluding hydrogens is 264 g/mol. The van der Waals surface area contributed by atoms with Gasteiger partial charge in [-0.1, -0.05) is 18.2 Å². The highest BCUT2D eigenvalue weighted by Gasteiger charge is 2.11. The maximum absolute atomic E-state index is 11.7. The lowest BCUT2D eigenvalue weighted by Crippen LogP contribution is -2.32. The van der Waals surface area contributed by atoms with E-state index in [4.69, 9.17) is 4.74 Å². The van der Waals surface area contributed by atoms with E-state index >= 15 is 0 Å². The summed E-state index contributed by atoms with van der Waals surface area (Å²) in [6, 6.07) is 8.77. The standard InChI is InChI=1S/C13H22N2O3S/c1-13(2,3)18-11-7-10-14-19(16,17)15-12-8-5-4-6-9-12/h4-6,8-9,14-15H,7,10-11H2,1-3H3. The van der Waals surface area contributed by atoms with Gasteiger partial charge in [0.15, 0.2) is 0 Å². The fourth-order valence-electron chi connectivity index (χ4n) is 1.35. The maximum Gasteiger partial charge on any atom is 0.299 e. The second-order valence-corrected chi connectivity index (χ2v) is 6.68. The van der Waals surface area contributed by atoms with Crippen molar-refractivity contribution >= 4 is 15.9 Å². The van der Waals surface area contributed by atoms with Crippen LogP contribution in [0.3, 0.4) is 0 Å². The molecule has 0 bridgehead atoms. The largest absolute Gasteiger partial charge is 0.376 e. The van der Waals surface area contributed by atoms with Gasteiger partial charge in [-0.15, -0.1) is 0 Å². The Labute approximate surface area is 115 Å². The van der Waals surface area contributed by atoms with Crippen LogP contribution in [-0.2, 0) is 14.9 Å². The first-order valence-electron chi connectivity index (χ1n) is 6.25. The second kappa shape index (κ2) is 6.88. The van der Waals surface area contributed by atoms with Crippen molar-refractivity contribution in [3.63, 3.8) is 0 Å². The van der Waals surface area contributed by atoms with E-state index in [9.17, 15) is 8.42 Å². The number of benzene rings is 1. The Hall–Kier alpha value is -1.11. The molecular formula is C13H22N2O3S. The summed E-state index contributed by atoms with van der Waals surface area (Å²) in [6.45, 7) is 6.77. The van der Waals surface area contributed by atoms with Crippen molar-refractivity contribution in [2.75, 3.05) is 17.9 Å². The van der Waals surface area contributed by atoms with Gasteiger partial charge in [0.1, 0.15) is 0 Å². The fourth-order valence-corrected chi connectivity index (χ4v) is 2.29. The van der Waals surface area contributed by atoms with E-state index in [0.717, 1.165) is 0 Å². The fraction of sp³-hybridized carbons (Fsp3) is 0.538. The average Bonchev–Trinajstić information content (AvgIpc) is 2.27. The summed E-state index contributed by atoms with van der Waals surface area (Å²) in [6.07, 6.45) is 0.632. The Morgan fingerprint density at radius 3 is 2.37 bits per heavy atom. The molecule has 0 saturated carbocycles. The van der Waals surface area contributed by atoms with E-state index < -0.39 is 10.2 Å². The van der Waals surface area contributed by atoms with Crippen molar-refractivity contribution in [3.8, 4) is 0 Å². The SMILES string of the molecule is CC(C)(C)OCCCNS(=O)(=O)Nc1ccccc1. The van der Waals surface area contributed by atoms with Crippen LogP contribution in [0.4, 0.5) is 5.69 Å². The lowest BCUT2D eigenvalue weighted by Gasteiger charge is -2.19. The molecule has 0 aliphatic rings. The highest BCUT2D eigenvalue weighted by atomic mass is 32.2. The van der Waals surface area contributed by atoms with E-state index in [0.29, 0.717) is 25.3 Å². The van der Waals surface area contributed by atoms with Gasteiger partial charge in [-0.05, 0) is 39.3 Å². The van der Waals surface area contributed by atoms with E-state index in [1.165, 1.54) is 0 Å². The van der Waals surface area contributed by atoms with Crippen molar-refractivity contribution in [2.45, 2.75) is 32.8 Å². The van der Waals surface area contributed by atoms with Gasteiger partial charge in [0.05, 0.1) is 5.60 Å². The molecule has 0 heterocycles. The number of nitrogens with one attached hydrogen (secondary N) is 2. The monoisotopic (exact) mass is 286 g/mol. The molecule has 1 rings (SSSR count). The number of anilines is 1. The van der Waals surface area contributed by atoms with Crippen molar-refractivity contribution < 1.29 is 13.2 Å². The first-order chi connectivity index (χ1) is 8.79. The summed E-state index contributed by atoms with van der Waals surface area (Å²) < 4.78 is 33.8. The molecule has 1 aromatic carbocycles. The molecule has 5 nitrogen and oxygen atoms in total. The number of hydrogen-bond donors (Lipinski definition) is 2. The zero-order valence-electron chi connectivity index (χ0n) is 11.6. The Morgan fingerprint density at radius 1 is 1.16 bits per heavy atom. The lowest BCUT2D eigenvalue weighted by molar-refractivity contribution is -0.00336. The Kier molecular flexibility index (Phi) is 5.78. The van der Waals surface area contributed by atoms with Crippen LogP contribution in [0.25, 0.3) is 0 Å². The van der Waals surface area contributed by atoms with Crippen LogP contribution in [0.1, 0.15) is 27.2 Å². The average molecular weight is 286 g/mol. The molecule has 0 saturated heterocycles. The smallest absolute Gasteiger partial charge is 0.299 e. The first kappa shape index (κ1) is 15.9. The predicted octanol–water partition coefficient (Wildman–Crippen LogP) is 2.14. The van der Waals surface area contributed by atoms with E-state index in [1.807, 2.05) is 26.8 Å². The quantitative estimate of drug-likeness (QED) is 0.755. The molecule has 0 atom stereocenters. The maximum atomic E-state index is 11.7. The van der Waals surface area contributed by atoms with Gasteiger partial charge in [-0.2, -0.15) is 13.1 Å². The van der Waals surface area contributed by atoms with Gasteiger partial charge in [0.2, 0.25) is 0 Å². The van der Waals surface area contributed by atoms with Gasteiger partial charge in [0.25, 0.3) is 10.2 Å². The van der Waals surface area contributed by atoms with Crippen LogP contribution < -0.4 is 9.44 Å². The Balaban J connectivity index is 2.28. The van der Waals surface area contributed by atoms with Crippen LogP contribution in [0.15, 0.2) is 30.3 Å². The van der Waals surface area contributed by atoms with E-state index in [1.54, 1.807) is 24.3 Å². The predicted molar refractivity (Wildman–Crippen MR) is 77.3 cm³/mol. The molecule has 6 heteroatoms. The van der Waals surface area contributed by atoms with Gasteiger partial charge in [-0.25, -0.2) is 0 Å². The minimum Gasteiger partial charge on any atom is -0.376 e. The van der Waals surface area contributed by atoms with Gasteiger partial charge < -0.3 is 4.74 Å². The van der Waals surface area contributed by atoms with Crippen LogP contribution >= 0.6 is 0 Å². The first-order valence-corrected chi connectivity index (χ1v) is 7.73. The summed E-state index contributed by atoms with van der Waals surface area (Å²) in [7, 11) is -3.51. The van der Waals surface area contributed by atoms with Gasteiger partial charge >= 0.3 is 0 Å². The van der Waals surface area contributed by atoms with Crippen LogP contribution in [0.2, 0.25) is 0 Å². The number of rotatable bonds is 7. The Bertz CT molecular complexity index is 466. The summed E-state index contributed by atoms with van der Waals surface area (Å²) in [5.74, 6) is 0. The molecule has 0 unspecified atom stereocenters. The molecule has 0 radical (unpaired) electrons. The number of ether oxygens (including phenoxy) is 1. The second-order valence-electron chi connectivity index (χ2n) is 5.18. The molecule has 0 spiro atoms. The van der Waals surface area contributed by atoms with Crippen molar-refractivity contribution in [1.29, 1.82) is 0 Å². The third-order valence-corrected chi connectivity index (χ3v) is 3.26. The molecule has 2 N–H and O–H groups in total. The topological polar surface area (TPSA) is 67.4 Å². The third-order valence-electron chi connectivity index (χ3n) is 2.17. The van der Waals surface area contributed by atoms with Crippen molar-refractivity contribution in [3.05, 3.63) is 30.3 Å². The molecule has 0 aromatic heterocycles. The molecule has 0 aliphatic carbocycles. The minimum atomic E-state index is -3.51. The van der Waals surface area contributed by atoms with Crippen LogP contribution in [0.5, 0.6) is 0 Å². The van der Waals surface area contributed by atoms with Gasteiger partial charge in [0, 0.05) is 18.8 Å². The van der Waals surface area contributed by atoms with Crippen molar-refractivity contribution in [1.82, 2.24) is 4.72 Å². The normalized spacial score (nSPS) is 12.4. The molecule has 0 aliphatic heterocycles. The zero-order valence-corrected chi connectivity index (χ0v) is 12.5. The molecule has 108 valence electrons. The van der Waals surface area contributed by atoms with E-state index in [-0.39, 0.29) is 5.60 Å². The van der Waals surface area contributed by atoms with Crippen LogP contribution in [-0.4, -0.2) is 27.2 Å². The van der Waals surface area contributed by atoms with Crippen molar-refractivity contribution in [2.24, 2.45) is 0 Å². The number of hydrogen-bond acceptors (Lipinski definition) is 3. The molecule has 0 fully saturated rings. The highest BCUT2D eigenvalue weighted by Crippen LogP contribution is 2.07. The molecule has 0 amide bonds. The summed E-state index contributed by atoms with van der Waals surface area (Å²) in [5, 5.41) is 0. The molecule has 1 aromatic rings. The van der Waals surface area contributed by atoms with Crippen LogP contribution in [0, 0.1) is 0 Å². The number of para-hydroxylation sites is 1. The highest BCUT2D eigenvalue weighted by molar-refractivity contribution is 7.90. The third kappa shape index (κ3) is 7.81. The summed E-state index contributed by atoms with van der Waals surface area (Å²) in [4.78, 5) is 0. The minimum absolute atomic E-state index is 0.193. The zero-order chi connectivity index (χ0) is 14.4. The van der Waals surface area contributed by atoms with Gasteiger partial charge in [-0.3, -0.25) is 4.72 Å².